The van der Waals surface area contributed by atoms with Gasteiger partial charge in [-0.1, -0.05) is 26.2 Å². The molecule has 3 nitrogen and oxygen atoms in total. The Hall–Kier alpha value is -2.76. The highest BCUT2D eigenvalue weighted by atomic mass is 32.1. The van der Waals surface area contributed by atoms with Crippen molar-refractivity contribution in [3.63, 3.8) is 0 Å². The maximum absolute atomic E-state index is 4.65. The Balaban J connectivity index is 1.69. The Bertz CT molecular complexity index is 1490. The Labute approximate surface area is 216 Å². The van der Waals surface area contributed by atoms with Crippen molar-refractivity contribution in [2.24, 2.45) is 14.1 Å². The zero-order valence-corrected chi connectivity index (χ0v) is 23.0. The summed E-state index contributed by atoms with van der Waals surface area (Å²) in [4.78, 5) is 5.51. The topological polar surface area (TPSA) is 21.7 Å². The molecule has 5 heteroatoms. The standard InChI is InChI=1S/C30H34N3S2/c1-6-7-8-9-10-23-12-14-28(35-23)22-18-25(29-13-11-21(3)34-29)24-15-16-32(4)30(26(24)19-22)27-17-20(2)31-33(27)5/h11-19H,6-10H2,1-5H3/q+1. The molecule has 4 heterocycles. The van der Waals surface area contributed by atoms with E-state index in [9.17, 15) is 0 Å². The van der Waals surface area contributed by atoms with Gasteiger partial charge in [-0.05, 0) is 74.7 Å². The molecule has 0 saturated carbocycles. The zero-order chi connectivity index (χ0) is 24.5. The van der Waals surface area contributed by atoms with Gasteiger partial charge in [0.05, 0.1) is 11.1 Å². The molecule has 1 aromatic carbocycles. The monoisotopic (exact) mass is 500 g/mol. The highest BCUT2D eigenvalue weighted by Gasteiger charge is 2.22. The van der Waals surface area contributed by atoms with Gasteiger partial charge in [0.2, 0.25) is 5.69 Å². The van der Waals surface area contributed by atoms with Crippen molar-refractivity contribution in [2.75, 3.05) is 0 Å². The van der Waals surface area contributed by atoms with Crippen molar-refractivity contribution < 1.29 is 4.57 Å². The molecule has 0 aliphatic heterocycles. The smallest absolute Gasteiger partial charge is 0.238 e. The van der Waals surface area contributed by atoms with Gasteiger partial charge in [0.25, 0.3) is 0 Å². The van der Waals surface area contributed by atoms with Gasteiger partial charge < -0.3 is 0 Å². The fourth-order valence-corrected chi connectivity index (χ4v) is 6.88. The van der Waals surface area contributed by atoms with Crippen molar-refractivity contribution in [3.8, 4) is 32.3 Å². The Morgan fingerprint density at radius 3 is 2.43 bits per heavy atom. The Morgan fingerprint density at radius 2 is 1.71 bits per heavy atom. The number of unbranched alkanes of at least 4 members (excludes halogenated alkanes) is 3. The van der Waals surface area contributed by atoms with Crippen LogP contribution in [0.1, 0.15) is 48.1 Å². The molecule has 0 spiro atoms. The van der Waals surface area contributed by atoms with Gasteiger partial charge >= 0.3 is 0 Å². The van der Waals surface area contributed by atoms with E-state index in [0.717, 1.165) is 11.4 Å². The van der Waals surface area contributed by atoms with E-state index in [1.54, 1.807) is 0 Å². The van der Waals surface area contributed by atoms with Crippen molar-refractivity contribution in [1.82, 2.24) is 9.78 Å². The maximum atomic E-state index is 4.65. The molecule has 4 aromatic heterocycles. The minimum Gasteiger partial charge on any atom is -0.262 e. The molecule has 0 bridgehead atoms. The second-order valence-electron chi connectivity index (χ2n) is 9.54. The van der Waals surface area contributed by atoms with Gasteiger partial charge in [-0.25, -0.2) is 0 Å². The van der Waals surface area contributed by atoms with E-state index < -0.39 is 0 Å². The number of pyridine rings is 1. The van der Waals surface area contributed by atoms with E-state index >= 15 is 0 Å². The summed E-state index contributed by atoms with van der Waals surface area (Å²) in [6.45, 7) is 6.53. The molecule has 0 N–H and O–H groups in total. The number of hydrogen-bond donors (Lipinski definition) is 0. The Kier molecular flexibility index (Phi) is 6.90. The van der Waals surface area contributed by atoms with Crippen LogP contribution >= 0.6 is 22.7 Å². The molecule has 5 aromatic rings. The first-order valence-corrected chi connectivity index (χ1v) is 14.2. The van der Waals surface area contributed by atoms with Gasteiger partial charge in [-0.15, -0.1) is 22.7 Å². The predicted octanol–water partition coefficient (Wildman–Crippen LogP) is 8.26. The fourth-order valence-electron chi connectivity index (χ4n) is 4.95. The Morgan fingerprint density at radius 1 is 0.886 bits per heavy atom. The van der Waals surface area contributed by atoms with Crippen LogP contribution in [0, 0.1) is 13.8 Å². The number of rotatable bonds is 8. The molecule has 0 atom stereocenters. The first-order chi connectivity index (χ1) is 16.9. The lowest BCUT2D eigenvalue weighted by atomic mass is 9.97. The summed E-state index contributed by atoms with van der Waals surface area (Å²) in [6.07, 6.45) is 8.59. The number of nitrogens with zero attached hydrogens (tertiary/aromatic N) is 3. The second kappa shape index (κ2) is 10.1. The maximum Gasteiger partial charge on any atom is 0.238 e. The lowest BCUT2D eigenvalue weighted by Gasteiger charge is -2.11. The fraction of sp³-hybridized carbons (Fsp3) is 0.333. The molecular weight excluding hydrogens is 466 g/mol. The van der Waals surface area contributed by atoms with Crippen LogP contribution in [0.15, 0.2) is 54.7 Å². The zero-order valence-electron chi connectivity index (χ0n) is 21.4. The molecule has 0 amide bonds. The normalized spacial score (nSPS) is 11.6. The van der Waals surface area contributed by atoms with E-state index in [2.05, 4.69) is 92.2 Å². The third kappa shape index (κ3) is 4.85. The van der Waals surface area contributed by atoms with Crippen LogP contribution in [0.4, 0.5) is 0 Å². The molecule has 0 aliphatic carbocycles. The van der Waals surface area contributed by atoms with Crippen LogP contribution in [0.2, 0.25) is 0 Å². The van der Waals surface area contributed by atoms with Gasteiger partial charge in [-0.3, -0.25) is 4.68 Å². The SMILES string of the molecule is CCCCCCc1ccc(-c2cc(-c3ccc(C)s3)c3cc[n+](C)c(-c4cc(C)nn4C)c3c2)s1. The van der Waals surface area contributed by atoms with Crippen LogP contribution in [-0.2, 0) is 20.5 Å². The van der Waals surface area contributed by atoms with Crippen LogP contribution < -0.4 is 4.57 Å². The first kappa shape index (κ1) is 24.0. The summed E-state index contributed by atoms with van der Waals surface area (Å²) in [7, 11) is 4.18. The molecule has 35 heavy (non-hydrogen) atoms. The van der Waals surface area contributed by atoms with E-state index in [-0.39, 0.29) is 0 Å². The number of aromatic nitrogens is 3. The van der Waals surface area contributed by atoms with Crippen molar-refractivity contribution in [3.05, 3.63) is 70.2 Å². The summed E-state index contributed by atoms with van der Waals surface area (Å²) < 4.78 is 4.24. The lowest BCUT2D eigenvalue weighted by molar-refractivity contribution is -0.659. The minimum atomic E-state index is 1.04. The minimum absolute atomic E-state index is 1.04. The van der Waals surface area contributed by atoms with Crippen molar-refractivity contribution >= 4 is 33.4 Å². The molecule has 0 unspecified atom stereocenters. The lowest BCUT2D eigenvalue weighted by Crippen LogP contribution is -2.31. The van der Waals surface area contributed by atoms with Crippen molar-refractivity contribution in [2.45, 2.75) is 52.9 Å². The molecule has 0 aliphatic rings. The number of fused-ring (bicyclic) bond motifs is 1. The summed E-state index contributed by atoms with van der Waals surface area (Å²) in [5.41, 5.74) is 6.00. The third-order valence-corrected chi connectivity index (χ3v) is 8.95. The summed E-state index contributed by atoms with van der Waals surface area (Å²) in [5.74, 6) is 0. The van der Waals surface area contributed by atoms with Crippen LogP contribution in [-0.4, -0.2) is 9.78 Å². The molecule has 5 rings (SSSR count). The number of benzene rings is 1. The molecule has 0 fully saturated rings. The van der Waals surface area contributed by atoms with Gasteiger partial charge in [0.15, 0.2) is 6.20 Å². The number of thiophene rings is 2. The van der Waals surface area contributed by atoms with Crippen LogP contribution in [0.25, 0.3) is 43.0 Å². The van der Waals surface area contributed by atoms with Gasteiger partial charge in [0.1, 0.15) is 12.7 Å². The molecule has 0 radical (unpaired) electrons. The quantitative estimate of drug-likeness (QED) is 0.155. The molecular formula is C30H34N3S2+. The van der Waals surface area contributed by atoms with Crippen molar-refractivity contribution in [1.29, 1.82) is 0 Å². The summed E-state index contributed by atoms with van der Waals surface area (Å²) in [5, 5.41) is 7.22. The largest absolute Gasteiger partial charge is 0.262 e. The molecule has 0 saturated heterocycles. The third-order valence-electron chi connectivity index (χ3n) is 6.73. The van der Waals surface area contributed by atoms with Crippen LogP contribution in [0.3, 0.4) is 0 Å². The van der Waals surface area contributed by atoms with E-state index in [0.29, 0.717) is 0 Å². The average molecular weight is 501 g/mol. The van der Waals surface area contributed by atoms with E-state index in [4.69, 9.17) is 0 Å². The number of hydrogen-bond acceptors (Lipinski definition) is 3. The first-order valence-electron chi connectivity index (χ1n) is 12.6. The van der Waals surface area contributed by atoms with E-state index in [1.165, 1.54) is 79.2 Å². The summed E-state index contributed by atoms with van der Waals surface area (Å²) >= 11 is 3.83. The van der Waals surface area contributed by atoms with Gasteiger partial charge in [-0.2, -0.15) is 9.67 Å². The highest BCUT2D eigenvalue weighted by molar-refractivity contribution is 7.16. The number of aryl methyl sites for hydroxylation is 5. The van der Waals surface area contributed by atoms with E-state index in [1.807, 2.05) is 34.4 Å². The second-order valence-corrected chi connectivity index (χ2v) is 12.0. The predicted molar refractivity (Wildman–Crippen MR) is 151 cm³/mol. The molecule has 180 valence electrons. The average Bonchev–Trinajstić information content (AvgIpc) is 3.56. The van der Waals surface area contributed by atoms with Crippen LogP contribution in [0.5, 0.6) is 0 Å². The van der Waals surface area contributed by atoms with Gasteiger partial charge in [0, 0.05) is 43.6 Å². The highest BCUT2D eigenvalue weighted by Crippen LogP contribution is 2.41. The summed E-state index contributed by atoms with van der Waals surface area (Å²) in [6, 6.07) is 18.4.